The predicted octanol–water partition coefficient (Wildman–Crippen LogP) is 4.68. The van der Waals surface area contributed by atoms with E-state index in [0.29, 0.717) is 18.1 Å². The zero-order valence-corrected chi connectivity index (χ0v) is 18.1. The van der Waals surface area contributed by atoms with Crippen molar-refractivity contribution in [2.75, 3.05) is 6.61 Å². The molecule has 3 aromatic carbocycles. The molecule has 0 spiro atoms. The fourth-order valence-corrected chi connectivity index (χ4v) is 4.23. The molecule has 0 heterocycles. The van der Waals surface area contributed by atoms with Crippen LogP contribution in [0.4, 0.5) is 0 Å². The van der Waals surface area contributed by atoms with Gasteiger partial charge in [0, 0.05) is 27.5 Å². The predicted molar refractivity (Wildman–Crippen MR) is 122 cm³/mol. The Kier molecular flexibility index (Phi) is 8.61. The Labute approximate surface area is 186 Å². The molecule has 2 atom stereocenters. The van der Waals surface area contributed by atoms with Gasteiger partial charge >= 0.3 is 0 Å². The zero-order chi connectivity index (χ0) is 21.3. The van der Waals surface area contributed by atoms with Crippen molar-refractivity contribution in [2.24, 2.45) is 5.73 Å². The van der Waals surface area contributed by atoms with Gasteiger partial charge in [-0.2, -0.15) is 0 Å². The highest BCUT2D eigenvalue weighted by Crippen LogP contribution is 2.33. The van der Waals surface area contributed by atoms with Gasteiger partial charge in [-0.15, -0.1) is 0 Å². The summed E-state index contributed by atoms with van der Waals surface area (Å²) >= 11 is 8.05. The Morgan fingerprint density at radius 2 is 1.73 bits per heavy atom. The number of halogens is 1. The third-order valence-electron chi connectivity index (χ3n) is 4.69. The van der Waals surface area contributed by atoms with Crippen LogP contribution in [0.2, 0.25) is 5.02 Å². The van der Waals surface area contributed by atoms with Crippen molar-refractivity contribution in [1.29, 1.82) is 0 Å². The lowest BCUT2D eigenvalue weighted by Gasteiger charge is -2.18. The molecule has 0 saturated heterocycles. The lowest BCUT2D eigenvalue weighted by molar-refractivity contribution is 0.109. The van der Waals surface area contributed by atoms with Crippen LogP contribution in [0.3, 0.4) is 0 Å². The van der Waals surface area contributed by atoms with Crippen LogP contribution in [0.1, 0.15) is 17.5 Å². The highest BCUT2D eigenvalue weighted by molar-refractivity contribution is 7.99. The fourth-order valence-electron chi connectivity index (χ4n) is 3.00. The minimum atomic E-state index is -0.751. The van der Waals surface area contributed by atoms with Crippen LogP contribution in [-0.4, -0.2) is 29.0 Å². The maximum Gasteiger partial charge on any atom is 0.120 e. The number of ether oxygens (including phenoxy) is 1. The smallest absolute Gasteiger partial charge is 0.120 e. The topological polar surface area (TPSA) is 75.7 Å². The molecule has 0 fully saturated rings. The molecule has 4 nitrogen and oxygen atoms in total. The lowest BCUT2D eigenvalue weighted by atomic mass is 10.0. The Hall–Kier alpha value is -2.02. The number of rotatable bonds is 10. The third-order valence-corrected chi connectivity index (χ3v) is 6.02. The molecule has 3 rings (SSSR count). The van der Waals surface area contributed by atoms with E-state index in [-0.39, 0.29) is 13.0 Å². The highest BCUT2D eigenvalue weighted by atomic mass is 35.5. The first-order valence-corrected chi connectivity index (χ1v) is 11.0. The molecule has 30 heavy (non-hydrogen) atoms. The summed E-state index contributed by atoms with van der Waals surface area (Å²) in [5.41, 5.74) is 8.02. The van der Waals surface area contributed by atoms with E-state index in [1.54, 1.807) is 11.8 Å². The second-order valence-electron chi connectivity index (χ2n) is 7.05. The second kappa shape index (κ2) is 11.4. The number of nitrogens with two attached hydrogens (primary N) is 1. The van der Waals surface area contributed by atoms with Crippen LogP contribution < -0.4 is 10.5 Å². The van der Waals surface area contributed by atoms with Crippen molar-refractivity contribution >= 4 is 23.4 Å². The highest BCUT2D eigenvalue weighted by Gasteiger charge is 2.16. The van der Waals surface area contributed by atoms with Crippen LogP contribution in [0, 0.1) is 0 Å². The van der Waals surface area contributed by atoms with E-state index < -0.39 is 12.1 Å². The quantitative estimate of drug-likeness (QED) is 0.424. The molecule has 0 radical (unpaired) electrons. The van der Waals surface area contributed by atoms with Crippen molar-refractivity contribution in [1.82, 2.24) is 0 Å². The van der Waals surface area contributed by atoms with Gasteiger partial charge in [0.25, 0.3) is 0 Å². The molecule has 0 amide bonds. The van der Waals surface area contributed by atoms with E-state index in [0.717, 1.165) is 26.7 Å². The van der Waals surface area contributed by atoms with E-state index >= 15 is 0 Å². The van der Waals surface area contributed by atoms with Gasteiger partial charge < -0.3 is 20.7 Å². The Bertz CT molecular complexity index is 939. The fraction of sp³-hybridized carbons (Fsp3) is 0.250. The number of benzene rings is 3. The molecular weight excluding hydrogens is 418 g/mol. The van der Waals surface area contributed by atoms with E-state index in [1.807, 2.05) is 72.8 Å². The maximum absolute atomic E-state index is 9.92. The summed E-state index contributed by atoms with van der Waals surface area (Å²) in [5, 5.41) is 19.5. The molecule has 2 unspecified atom stereocenters. The van der Waals surface area contributed by atoms with E-state index in [1.165, 1.54) is 0 Å². The second-order valence-corrected chi connectivity index (χ2v) is 8.61. The van der Waals surface area contributed by atoms with Gasteiger partial charge in [-0.3, -0.25) is 0 Å². The summed E-state index contributed by atoms with van der Waals surface area (Å²) in [6.45, 7) is 0.435. The molecule has 158 valence electrons. The molecule has 0 saturated carbocycles. The number of aliphatic hydroxyl groups is 2. The molecule has 0 aromatic heterocycles. The van der Waals surface area contributed by atoms with Crippen molar-refractivity contribution in [3.8, 4) is 5.75 Å². The summed E-state index contributed by atoms with van der Waals surface area (Å²) in [6.07, 6.45) is -0.0397. The summed E-state index contributed by atoms with van der Waals surface area (Å²) < 4.78 is 5.90. The maximum atomic E-state index is 9.92. The van der Waals surface area contributed by atoms with Gasteiger partial charge in [0.2, 0.25) is 0 Å². The number of hydrogen-bond acceptors (Lipinski definition) is 5. The molecule has 0 aliphatic rings. The third kappa shape index (κ3) is 6.76. The minimum absolute atomic E-state index is 0.0910. The molecular formula is C24H26ClNO3S. The minimum Gasteiger partial charge on any atom is -0.489 e. The van der Waals surface area contributed by atoms with Crippen LogP contribution in [0.5, 0.6) is 5.75 Å². The van der Waals surface area contributed by atoms with E-state index in [2.05, 4.69) is 0 Å². The normalized spacial score (nSPS) is 13.1. The molecule has 3 aromatic rings. The Morgan fingerprint density at radius 3 is 2.47 bits per heavy atom. The lowest BCUT2D eigenvalue weighted by Crippen LogP contribution is -2.37. The Balaban J connectivity index is 1.61. The first-order valence-electron chi connectivity index (χ1n) is 9.82. The van der Waals surface area contributed by atoms with Gasteiger partial charge in [0.15, 0.2) is 0 Å². The zero-order valence-electron chi connectivity index (χ0n) is 16.6. The van der Waals surface area contributed by atoms with Gasteiger partial charge in [0.05, 0.1) is 6.10 Å². The summed E-state index contributed by atoms with van der Waals surface area (Å²) in [4.78, 5) is 2.06. The molecule has 0 bridgehead atoms. The molecule has 0 aliphatic heterocycles. The van der Waals surface area contributed by atoms with Crippen LogP contribution in [0.15, 0.2) is 82.6 Å². The van der Waals surface area contributed by atoms with E-state index in [9.17, 15) is 5.11 Å². The van der Waals surface area contributed by atoms with Crippen molar-refractivity contribution in [3.05, 3.63) is 88.9 Å². The van der Waals surface area contributed by atoms with Gasteiger partial charge in [-0.25, -0.2) is 0 Å². The Morgan fingerprint density at radius 1 is 0.967 bits per heavy atom. The standard InChI is InChI=1S/C24H26ClNO3S/c25-22-15-21(10-9-18(22)13-23(26)24(28)11-12-27)30-20-8-4-7-19(14-20)29-16-17-5-2-1-3-6-17/h1-10,14-15,23-24,27-28H,11-13,16,26H2. The van der Waals surface area contributed by atoms with Crippen LogP contribution in [0.25, 0.3) is 0 Å². The number of hydrogen-bond donors (Lipinski definition) is 3. The molecule has 6 heteroatoms. The van der Waals surface area contributed by atoms with E-state index in [4.69, 9.17) is 27.2 Å². The van der Waals surface area contributed by atoms with Crippen LogP contribution >= 0.6 is 23.4 Å². The summed E-state index contributed by atoms with van der Waals surface area (Å²) in [5.74, 6) is 0.815. The first-order chi connectivity index (χ1) is 14.5. The van der Waals surface area contributed by atoms with Crippen LogP contribution in [-0.2, 0) is 13.0 Å². The average molecular weight is 444 g/mol. The van der Waals surface area contributed by atoms with Crippen molar-refractivity contribution in [2.45, 2.75) is 41.4 Å². The largest absolute Gasteiger partial charge is 0.489 e. The summed E-state index contributed by atoms with van der Waals surface area (Å²) in [7, 11) is 0. The van der Waals surface area contributed by atoms with Gasteiger partial charge in [-0.05, 0) is 54.3 Å². The summed E-state index contributed by atoms with van der Waals surface area (Å²) in [6, 6.07) is 23.4. The van der Waals surface area contributed by atoms with Gasteiger partial charge in [0.1, 0.15) is 12.4 Å². The first kappa shape index (κ1) is 22.7. The van der Waals surface area contributed by atoms with Crippen molar-refractivity contribution in [3.63, 3.8) is 0 Å². The SMILES string of the molecule is NC(Cc1ccc(Sc2cccc(OCc3ccccc3)c2)cc1Cl)C(O)CCO. The molecule has 4 N–H and O–H groups in total. The monoisotopic (exact) mass is 443 g/mol. The van der Waals surface area contributed by atoms with Crippen molar-refractivity contribution < 1.29 is 14.9 Å². The number of aliphatic hydroxyl groups excluding tert-OH is 2. The molecule has 0 aliphatic carbocycles. The van der Waals surface area contributed by atoms with Gasteiger partial charge in [-0.1, -0.05) is 65.8 Å². The average Bonchev–Trinajstić information content (AvgIpc) is 2.75.